The van der Waals surface area contributed by atoms with Gasteiger partial charge in [-0.2, -0.15) is 0 Å². The van der Waals surface area contributed by atoms with Gasteiger partial charge in [0.05, 0.1) is 28.2 Å². The fraction of sp³-hybridized carbons (Fsp3) is 0.333. The van der Waals surface area contributed by atoms with Crippen molar-refractivity contribution < 1.29 is 22.1 Å². The Balaban J connectivity index is 0.00000182. The molecule has 0 saturated carbocycles. The van der Waals surface area contributed by atoms with Crippen molar-refractivity contribution in [3.05, 3.63) is 34.7 Å². The molecule has 4 nitrogen and oxygen atoms in total. The lowest BCUT2D eigenvalue weighted by Gasteiger charge is -2.22. The molecule has 1 aliphatic heterocycles. The Morgan fingerprint density at radius 1 is 1.32 bits per heavy atom. The summed E-state index contributed by atoms with van der Waals surface area (Å²) >= 11 is 3.44. The van der Waals surface area contributed by atoms with E-state index in [1.807, 2.05) is 12.1 Å². The van der Waals surface area contributed by atoms with Gasteiger partial charge in [-0.15, -0.1) is 22.7 Å². The maximum atomic E-state index is 11.7. The van der Waals surface area contributed by atoms with E-state index in [0.717, 1.165) is 47.1 Å². The van der Waals surface area contributed by atoms with Crippen LogP contribution in [0.25, 0.3) is 20.8 Å². The van der Waals surface area contributed by atoms with E-state index in [9.17, 15) is 4.79 Å². The molecule has 2 aromatic heterocycles. The summed E-state index contributed by atoms with van der Waals surface area (Å²) in [5.41, 5.74) is 3.57. The molecule has 1 aliphatic rings. The van der Waals surface area contributed by atoms with Crippen molar-refractivity contribution >= 4 is 43.8 Å². The molecule has 1 atom stereocenters. The molecule has 3 aromatic rings. The Labute approximate surface area is 161 Å². The van der Waals surface area contributed by atoms with Crippen molar-refractivity contribution in [3.8, 4) is 10.6 Å². The number of anilines is 1. The molecule has 0 bridgehead atoms. The van der Waals surface area contributed by atoms with Gasteiger partial charge in [-0.3, -0.25) is 4.79 Å². The van der Waals surface area contributed by atoms with Crippen LogP contribution in [0.2, 0.25) is 0 Å². The van der Waals surface area contributed by atoms with Crippen LogP contribution < -0.4 is 22.6 Å². The number of para-hydroxylation sites is 1. The van der Waals surface area contributed by atoms with Gasteiger partial charge in [-0.05, 0) is 24.6 Å². The zero-order valence-corrected chi connectivity index (χ0v) is 16.6. The number of quaternary nitrogens is 1. The fourth-order valence-electron chi connectivity index (χ4n) is 3.29. The lowest BCUT2D eigenvalue weighted by molar-refractivity contribution is -0.913. The number of hydrogen-bond donors (Lipinski definition) is 2. The van der Waals surface area contributed by atoms with E-state index in [0.29, 0.717) is 0 Å². The first-order chi connectivity index (χ1) is 11.7. The molecular formula is C18H20ClN3OS2. The summed E-state index contributed by atoms with van der Waals surface area (Å²) in [6.45, 7) is 7.15. The van der Waals surface area contributed by atoms with Gasteiger partial charge in [-0.1, -0.05) is 12.1 Å². The van der Waals surface area contributed by atoms with Crippen LogP contribution in [0.15, 0.2) is 24.3 Å². The number of halogens is 1. The van der Waals surface area contributed by atoms with E-state index >= 15 is 0 Å². The Kier molecular flexibility index (Phi) is 5.43. The van der Waals surface area contributed by atoms with Gasteiger partial charge in [0.15, 0.2) is 0 Å². The van der Waals surface area contributed by atoms with Crippen LogP contribution in [0.4, 0.5) is 5.00 Å². The van der Waals surface area contributed by atoms with Gasteiger partial charge in [0, 0.05) is 18.9 Å². The summed E-state index contributed by atoms with van der Waals surface area (Å²) in [5, 5.41) is 5.03. The molecule has 1 amide bonds. The molecule has 1 aromatic carbocycles. The van der Waals surface area contributed by atoms with Crippen molar-refractivity contribution in [2.24, 2.45) is 0 Å². The Bertz CT molecular complexity index is 885. The monoisotopic (exact) mass is 393 g/mol. The summed E-state index contributed by atoms with van der Waals surface area (Å²) < 4.78 is 1.19. The highest BCUT2D eigenvalue weighted by molar-refractivity contribution is 7.22. The molecule has 0 saturated heterocycles. The second-order valence-corrected chi connectivity index (χ2v) is 8.29. The predicted molar refractivity (Wildman–Crippen MR) is 101 cm³/mol. The number of benzene rings is 1. The van der Waals surface area contributed by atoms with E-state index in [4.69, 9.17) is 4.98 Å². The molecule has 0 radical (unpaired) electrons. The molecule has 3 heterocycles. The third-order valence-electron chi connectivity index (χ3n) is 4.53. The van der Waals surface area contributed by atoms with Crippen LogP contribution in [0.3, 0.4) is 0 Å². The number of nitrogens with one attached hydrogen (secondary N) is 2. The summed E-state index contributed by atoms with van der Waals surface area (Å²) in [6, 6.07) is 8.22. The fourth-order valence-corrected chi connectivity index (χ4v) is 5.77. The highest BCUT2D eigenvalue weighted by Crippen LogP contribution is 2.44. The third kappa shape index (κ3) is 3.44. The van der Waals surface area contributed by atoms with Crippen LogP contribution in [0.5, 0.6) is 0 Å². The quantitative estimate of drug-likeness (QED) is 0.655. The number of fused-ring (bicyclic) bond motifs is 2. The maximum Gasteiger partial charge on any atom is 0.221 e. The standard InChI is InChI=1S/C18H19N3OS2.ClH/c1-3-21-9-8-12-15(10-21)24-17(19-11(2)22)16(12)18-20-13-6-4-5-7-14(13)23-18;/h4-7H,3,8-10H2,1-2H3,(H,19,22);1H. The lowest BCUT2D eigenvalue weighted by atomic mass is 10.0. The molecule has 1 unspecified atom stereocenters. The number of carbonyl (C=O) groups excluding carboxylic acids is 1. The van der Waals surface area contributed by atoms with Gasteiger partial charge in [0.25, 0.3) is 0 Å². The molecule has 132 valence electrons. The van der Waals surface area contributed by atoms with E-state index in [1.165, 1.54) is 15.1 Å². The van der Waals surface area contributed by atoms with Crippen LogP contribution in [0.1, 0.15) is 24.3 Å². The summed E-state index contributed by atoms with van der Waals surface area (Å²) in [7, 11) is 0. The molecular weight excluding hydrogens is 374 g/mol. The molecule has 2 N–H and O–H groups in total. The van der Waals surface area contributed by atoms with E-state index in [-0.39, 0.29) is 18.3 Å². The first-order valence-corrected chi connectivity index (χ1v) is 9.90. The average Bonchev–Trinajstić information content (AvgIpc) is 3.13. The molecule has 4 rings (SSSR count). The molecule has 0 spiro atoms. The van der Waals surface area contributed by atoms with Gasteiger partial charge in [-0.25, -0.2) is 4.98 Å². The second-order valence-electron chi connectivity index (χ2n) is 6.16. The van der Waals surface area contributed by atoms with Crippen molar-refractivity contribution in [2.75, 3.05) is 18.4 Å². The molecule has 0 aliphatic carbocycles. The van der Waals surface area contributed by atoms with Gasteiger partial charge < -0.3 is 22.6 Å². The third-order valence-corrected chi connectivity index (χ3v) is 6.73. The van der Waals surface area contributed by atoms with E-state index in [1.54, 1.807) is 34.5 Å². The van der Waals surface area contributed by atoms with Crippen LogP contribution in [-0.2, 0) is 17.8 Å². The van der Waals surface area contributed by atoms with E-state index in [2.05, 4.69) is 24.4 Å². The highest BCUT2D eigenvalue weighted by Gasteiger charge is 2.28. The summed E-state index contributed by atoms with van der Waals surface area (Å²) in [6.07, 6.45) is 1.06. The molecule has 25 heavy (non-hydrogen) atoms. The zero-order valence-electron chi connectivity index (χ0n) is 14.2. The molecule has 7 heteroatoms. The number of aromatic nitrogens is 1. The van der Waals surface area contributed by atoms with Crippen molar-refractivity contribution in [2.45, 2.75) is 26.8 Å². The zero-order chi connectivity index (χ0) is 16.7. The van der Waals surface area contributed by atoms with Crippen molar-refractivity contribution in [1.82, 2.24) is 4.98 Å². The van der Waals surface area contributed by atoms with Crippen LogP contribution in [0, 0.1) is 0 Å². The predicted octanol–water partition coefficient (Wildman–Crippen LogP) is -0.0519. The number of likely N-dealkylation sites (N-methyl/N-ethyl adjacent to an activating group) is 1. The number of rotatable bonds is 3. The van der Waals surface area contributed by atoms with Crippen molar-refractivity contribution in [1.29, 1.82) is 0 Å². The Morgan fingerprint density at radius 3 is 2.84 bits per heavy atom. The number of hydrogen-bond acceptors (Lipinski definition) is 4. The normalized spacial score (nSPS) is 16.3. The summed E-state index contributed by atoms with van der Waals surface area (Å²) in [4.78, 5) is 19.5. The van der Waals surface area contributed by atoms with Gasteiger partial charge >= 0.3 is 0 Å². The van der Waals surface area contributed by atoms with E-state index < -0.39 is 0 Å². The van der Waals surface area contributed by atoms with Crippen LogP contribution >= 0.6 is 22.7 Å². The SMILES string of the molecule is CC[NH+]1CCc2c(sc(NC(C)=O)c2-c2nc3ccccc3s2)C1.[Cl-]. The second kappa shape index (κ2) is 7.41. The largest absolute Gasteiger partial charge is 1.00 e. The first-order valence-electron chi connectivity index (χ1n) is 8.27. The smallest absolute Gasteiger partial charge is 0.221 e. The minimum Gasteiger partial charge on any atom is -1.00 e. The van der Waals surface area contributed by atoms with Crippen LogP contribution in [-0.4, -0.2) is 24.0 Å². The minimum absolute atomic E-state index is 0. The topological polar surface area (TPSA) is 46.4 Å². The highest BCUT2D eigenvalue weighted by atomic mass is 35.5. The van der Waals surface area contributed by atoms with Gasteiger partial charge in [0.2, 0.25) is 5.91 Å². The maximum absolute atomic E-state index is 11.7. The number of amides is 1. The minimum atomic E-state index is -0.0179. The Hall–Kier alpha value is -1.47. The van der Waals surface area contributed by atoms with Crippen molar-refractivity contribution in [3.63, 3.8) is 0 Å². The summed E-state index contributed by atoms with van der Waals surface area (Å²) in [5.74, 6) is -0.0179. The Morgan fingerprint density at radius 2 is 2.12 bits per heavy atom. The lowest BCUT2D eigenvalue weighted by Crippen LogP contribution is -3.11. The number of thiophene rings is 1. The number of nitrogens with zero attached hydrogens (tertiary/aromatic N) is 1. The average molecular weight is 394 g/mol. The first kappa shape index (κ1) is 18.3. The number of carbonyl (C=O) groups is 1. The molecule has 0 fully saturated rings. The van der Waals surface area contributed by atoms with Gasteiger partial charge in [0.1, 0.15) is 16.6 Å². The number of thiazole rings is 1.